The highest BCUT2D eigenvalue weighted by Crippen LogP contribution is 2.30. The molecule has 0 fully saturated rings. The van der Waals surface area contributed by atoms with Gasteiger partial charge in [0.05, 0.1) is 16.1 Å². The van der Waals surface area contributed by atoms with Gasteiger partial charge in [0, 0.05) is 32.6 Å². The van der Waals surface area contributed by atoms with Gasteiger partial charge in [0.2, 0.25) is 4.80 Å². The minimum Gasteiger partial charge on any atom is -0.340 e. The molecule has 0 saturated heterocycles. The van der Waals surface area contributed by atoms with Crippen molar-refractivity contribution in [2.45, 2.75) is 4.90 Å². The van der Waals surface area contributed by atoms with Gasteiger partial charge in [-0.3, -0.25) is 4.79 Å². The fraction of sp³-hybridized carbons (Fsp3) is 0. The number of sulfonamides is 1. The molecular formula is C36H24ClN5O3S2. The van der Waals surface area contributed by atoms with Crippen molar-refractivity contribution in [3.63, 3.8) is 0 Å². The Balaban J connectivity index is 1.25. The van der Waals surface area contributed by atoms with Gasteiger partial charge >= 0.3 is 0 Å². The number of halogens is 1. The summed E-state index contributed by atoms with van der Waals surface area (Å²) in [4.78, 5) is 23.2. The van der Waals surface area contributed by atoms with Gasteiger partial charge in [0.15, 0.2) is 5.82 Å². The molecular weight excluding hydrogens is 650 g/mol. The van der Waals surface area contributed by atoms with Crippen molar-refractivity contribution in [1.29, 1.82) is 0 Å². The second-order valence-corrected chi connectivity index (χ2v) is 13.3. The third kappa shape index (κ3) is 6.34. The fourth-order valence-corrected chi connectivity index (χ4v) is 7.26. The van der Waals surface area contributed by atoms with E-state index in [9.17, 15) is 13.2 Å². The fourth-order valence-electron chi connectivity index (χ4n) is 5.01. The molecule has 0 radical (unpaired) electrons. The molecule has 0 spiro atoms. The zero-order valence-corrected chi connectivity index (χ0v) is 26.9. The summed E-state index contributed by atoms with van der Waals surface area (Å²) in [7, 11) is -4.20. The summed E-state index contributed by atoms with van der Waals surface area (Å²) in [6.45, 7) is 0. The molecule has 8 nitrogen and oxygen atoms in total. The smallest absolute Gasteiger partial charge is 0.285 e. The summed E-state index contributed by atoms with van der Waals surface area (Å²) in [5.41, 5.74) is 3.86. The quantitative estimate of drug-likeness (QED) is 0.183. The Hall–Kier alpha value is -5.42. The topological polar surface area (TPSA) is 106 Å². The summed E-state index contributed by atoms with van der Waals surface area (Å²) >= 11 is 7.39. The van der Waals surface area contributed by atoms with Crippen LogP contribution in [0.3, 0.4) is 0 Å². The van der Waals surface area contributed by atoms with Crippen LogP contribution in [0.5, 0.6) is 0 Å². The largest absolute Gasteiger partial charge is 0.340 e. The molecule has 7 rings (SSSR count). The zero-order valence-electron chi connectivity index (χ0n) is 24.5. The van der Waals surface area contributed by atoms with Crippen molar-refractivity contribution in [3.8, 4) is 22.6 Å². The van der Waals surface area contributed by atoms with Gasteiger partial charge in [-0.25, -0.2) is 14.5 Å². The number of carbonyl (C=O) groups excluding carboxylic acids is 1. The number of aromatic nitrogens is 3. The minimum absolute atomic E-state index is 0.0306. The average molecular weight is 674 g/mol. The lowest BCUT2D eigenvalue weighted by atomic mass is 10.1. The lowest BCUT2D eigenvalue weighted by Gasteiger charge is -2.12. The predicted molar refractivity (Wildman–Crippen MR) is 186 cm³/mol. The maximum atomic E-state index is 13.7. The Morgan fingerprint density at radius 3 is 2.09 bits per heavy atom. The number of thiazole rings is 1. The van der Waals surface area contributed by atoms with Crippen LogP contribution in [0.4, 0.5) is 11.5 Å². The Morgan fingerprint density at radius 1 is 0.766 bits per heavy atom. The third-order valence-corrected chi connectivity index (χ3v) is 9.76. The van der Waals surface area contributed by atoms with E-state index in [0.717, 1.165) is 22.5 Å². The van der Waals surface area contributed by atoms with E-state index in [4.69, 9.17) is 21.6 Å². The first-order valence-corrected chi connectivity index (χ1v) is 17.1. The van der Waals surface area contributed by atoms with Crippen LogP contribution < -0.4 is 10.1 Å². The lowest BCUT2D eigenvalue weighted by molar-refractivity contribution is 0.0959. The molecule has 5 aromatic carbocycles. The molecule has 230 valence electrons. The molecule has 0 amide bonds. The maximum absolute atomic E-state index is 13.7. The molecule has 47 heavy (non-hydrogen) atoms. The van der Waals surface area contributed by atoms with Crippen LogP contribution in [0.25, 0.3) is 33.5 Å². The molecule has 0 bridgehead atoms. The highest BCUT2D eigenvalue weighted by atomic mass is 35.5. The Morgan fingerprint density at radius 2 is 1.40 bits per heavy atom. The average Bonchev–Trinajstić information content (AvgIpc) is 3.52. The summed E-state index contributed by atoms with van der Waals surface area (Å²) < 4.78 is 32.7. The molecule has 0 aliphatic carbocycles. The highest BCUT2D eigenvalue weighted by molar-refractivity contribution is 7.90. The first-order valence-electron chi connectivity index (χ1n) is 14.4. The zero-order chi connectivity index (χ0) is 32.4. The van der Waals surface area contributed by atoms with Crippen LogP contribution in [0, 0.1) is 0 Å². The van der Waals surface area contributed by atoms with Crippen molar-refractivity contribution < 1.29 is 13.2 Å². The van der Waals surface area contributed by atoms with Crippen LogP contribution in [-0.4, -0.2) is 28.9 Å². The summed E-state index contributed by atoms with van der Waals surface area (Å²) in [6.07, 6.45) is 0. The SMILES string of the molecule is O=C(c1ccccc1)n1c(-c2ccccc2)cs/c1=N\S(=O)(=O)c1ccc(Nc2nc(-c3ccccc3)nc3ccc(Cl)cc23)cc1. The molecule has 2 aromatic heterocycles. The van der Waals surface area contributed by atoms with E-state index in [2.05, 4.69) is 9.71 Å². The number of rotatable bonds is 7. The molecule has 7 aromatic rings. The predicted octanol–water partition coefficient (Wildman–Crippen LogP) is 8.20. The van der Waals surface area contributed by atoms with Gasteiger partial charge in [-0.05, 0) is 60.2 Å². The highest BCUT2D eigenvalue weighted by Gasteiger charge is 2.20. The van der Waals surface area contributed by atoms with Gasteiger partial charge < -0.3 is 5.32 Å². The number of carbonyl (C=O) groups is 1. The minimum atomic E-state index is -4.20. The molecule has 0 unspecified atom stereocenters. The van der Waals surface area contributed by atoms with Gasteiger partial charge in [-0.1, -0.05) is 90.5 Å². The van der Waals surface area contributed by atoms with E-state index in [0.29, 0.717) is 44.5 Å². The number of anilines is 2. The second-order valence-electron chi connectivity index (χ2n) is 10.4. The summed E-state index contributed by atoms with van der Waals surface area (Å²) in [5, 5.41) is 6.28. The molecule has 1 N–H and O–H groups in total. The van der Waals surface area contributed by atoms with Crippen LogP contribution in [0.15, 0.2) is 148 Å². The molecule has 0 aliphatic rings. The van der Waals surface area contributed by atoms with E-state index in [1.807, 2.05) is 72.8 Å². The van der Waals surface area contributed by atoms with Crippen LogP contribution in [0.2, 0.25) is 5.02 Å². The van der Waals surface area contributed by atoms with Crippen LogP contribution in [-0.2, 0) is 10.0 Å². The van der Waals surface area contributed by atoms with Crippen LogP contribution in [0.1, 0.15) is 10.4 Å². The van der Waals surface area contributed by atoms with E-state index in [-0.39, 0.29) is 15.6 Å². The van der Waals surface area contributed by atoms with Crippen LogP contribution >= 0.6 is 22.9 Å². The van der Waals surface area contributed by atoms with E-state index >= 15 is 0 Å². The third-order valence-electron chi connectivity index (χ3n) is 7.30. The van der Waals surface area contributed by atoms with Gasteiger partial charge in [0.1, 0.15) is 5.82 Å². The van der Waals surface area contributed by atoms with E-state index < -0.39 is 10.0 Å². The van der Waals surface area contributed by atoms with Crippen molar-refractivity contribution in [2.75, 3.05) is 5.32 Å². The number of nitrogens with zero attached hydrogens (tertiary/aromatic N) is 4. The van der Waals surface area contributed by atoms with Crippen molar-refractivity contribution >= 4 is 61.3 Å². The molecule has 0 aliphatic heterocycles. The van der Waals surface area contributed by atoms with Crippen molar-refractivity contribution in [3.05, 3.63) is 154 Å². The Kier molecular flexibility index (Phi) is 8.21. The second kappa shape index (κ2) is 12.8. The van der Waals surface area contributed by atoms with Gasteiger partial charge in [0.25, 0.3) is 15.9 Å². The Bertz CT molecular complexity index is 2410. The normalized spacial score (nSPS) is 11.9. The molecule has 11 heteroatoms. The standard InChI is InChI=1S/C36H24ClN5O3S2/c37-27-16-21-31-30(22-27)34(40-33(39-31)25-12-6-2-7-13-25)38-28-17-19-29(20-18-28)47(44,45)41-36-42(35(43)26-14-8-3-9-15-26)32(23-46-36)24-10-4-1-5-11-24/h1-23H,(H,38,39,40)/b41-36-. The maximum Gasteiger partial charge on any atom is 0.285 e. The van der Waals surface area contributed by atoms with Gasteiger partial charge in [-0.15, -0.1) is 15.7 Å². The van der Waals surface area contributed by atoms with Crippen molar-refractivity contribution in [1.82, 2.24) is 14.5 Å². The summed E-state index contributed by atoms with van der Waals surface area (Å²) in [6, 6.07) is 39.2. The number of benzene rings is 5. The first kappa shape index (κ1) is 30.2. The number of hydrogen-bond donors (Lipinski definition) is 1. The van der Waals surface area contributed by atoms with E-state index in [1.54, 1.807) is 53.9 Å². The number of fused-ring (bicyclic) bond motifs is 1. The molecule has 0 saturated carbocycles. The number of nitrogens with one attached hydrogen (secondary N) is 1. The van der Waals surface area contributed by atoms with Gasteiger partial charge in [-0.2, -0.15) is 8.42 Å². The molecule has 0 atom stereocenters. The van der Waals surface area contributed by atoms with E-state index in [1.165, 1.54) is 16.7 Å². The summed E-state index contributed by atoms with van der Waals surface area (Å²) in [5.74, 6) is 0.667. The Labute approximate surface area is 279 Å². The monoisotopic (exact) mass is 673 g/mol. The molecule has 2 heterocycles. The van der Waals surface area contributed by atoms with Crippen molar-refractivity contribution in [2.24, 2.45) is 4.40 Å². The number of hydrogen-bond acceptors (Lipinski definition) is 7. The lowest BCUT2D eigenvalue weighted by Crippen LogP contribution is -2.25. The first-order chi connectivity index (χ1) is 22.9.